The molecule has 3 aromatic rings. The maximum Gasteiger partial charge on any atom is 0.404 e. The van der Waals surface area contributed by atoms with E-state index in [1.807, 2.05) is 37.3 Å². The number of nitrogens with one attached hydrogen (secondary N) is 1. The Morgan fingerprint density at radius 1 is 1.16 bits per heavy atom. The van der Waals surface area contributed by atoms with Crippen molar-refractivity contribution >= 4 is 22.8 Å². The van der Waals surface area contributed by atoms with Crippen LogP contribution in [0, 0.1) is 12.3 Å². The van der Waals surface area contributed by atoms with E-state index in [9.17, 15) is 15.0 Å². The Hall–Kier alpha value is -3.35. The number of carbonyl (C=O) groups is 1. The summed E-state index contributed by atoms with van der Waals surface area (Å²) in [7, 11) is 0. The second-order valence-electron chi connectivity index (χ2n) is 9.61. The van der Waals surface area contributed by atoms with Crippen LogP contribution >= 0.6 is 0 Å². The number of anilines is 1. The Balaban J connectivity index is 1.93. The highest BCUT2D eigenvalue weighted by Crippen LogP contribution is 2.39. The zero-order valence-corrected chi connectivity index (χ0v) is 19.0. The maximum atomic E-state index is 11.5. The molecule has 32 heavy (non-hydrogen) atoms. The van der Waals surface area contributed by atoms with E-state index in [4.69, 9.17) is 9.97 Å². The molecule has 2 atom stereocenters. The Labute approximate surface area is 188 Å². The fraction of sp³-hybridized carbons (Fsp3) is 0.400. The van der Waals surface area contributed by atoms with Crippen molar-refractivity contribution in [3.8, 4) is 17.1 Å². The van der Waals surface area contributed by atoms with Crippen molar-refractivity contribution in [2.45, 2.75) is 52.6 Å². The summed E-state index contributed by atoms with van der Waals surface area (Å²) >= 11 is 0. The third-order valence-corrected chi connectivity index (χ3v) is 6.08. The molecular weight excluding hydrogens is 404 g/mol. The van der Waals surface area contributed by atoms with Crippen LogP contribution in [-0.4, -0.2) is 44.9 Å². The standard InChI is InChI=1S/C25H30N4O3/c1-15-11-12-16-19(14-15)26-22(17-8-5-6-10-20(17)30)28-23(16)29-13-7-9-18(27-24(31)32)21(29)25(2,3)4/h5-6,8,10-12,14,18,21,27,30H,7,9,13H2,1-4H3,(H,31,32). The van der Waals surface area contributed by atoms with Gasteiger partial charge in [0.15, 0.2) is 5.82 Å². The normalized spacial score (nSPS) is 19.2. The van der Waals surface area contributed by atoms with E-state index in [0.717, 1.165) is 41.7 Å². The Morgan fingerprint density at radius 2 is 1.91 bits per heavy atom. The van der Waals surface area contributed by atoms with E-state index < -0.39 is 6.09 Å². The zero-order chi connectivity index (χ0) is 23.0. The van der Waals surface area contributed by atoms with Gasteiger partial charge in [-0.25, -0.2) is 14.8 Å². The number of rotatable bonds is 3. The van der Waals surface area contributed by atoms with Crippen LogP contribution < -0.4 is 10.2 Å². The lowest BCUT2D eigenvalue weighted by atomic mass is 9.77. The van der Waals surface area contributed by atoms with Crippen LogP contribution in [0.25, 0.3) is 22.3 Å². The minimum Gasteiger partial charge on any atom is -0.507 e. The number of nitrogens with zero attached hydrogens (tertiary/aromatic N) is 3. The van der Waals surface area contributed by atoms with Gasteiger partial charge in [0.2, 0.25) is 0 Å². The van der Waals surface area contributed by atoms with Crippen molar-refractivity contribution in [2.24, 2.45) is 5.41 Å². The number of carboxylic acid groups (broad SMARTS) is 1. The predicted molar refractivity (Wildman–Crippen MR) is 126 cm³/mol. The van der Waals surface area contributed by atoms with Crippen molar-refractivity contribution in [3.63, 3.8) is 0 Å². The number of piperidine rings is 1. The van der Waals surface area contributed by atoms with Crippen LogP contribution in [0.2, 0.25) is 0 Å². The average molecular weight is 435 g/mol. The SMILES string of the molecule is Cc1ccc2c(N3CCCC(NC(=O)O)C3C(C)(C)C)nc(-c3ccccc3O)nc2c1. The highest BCUT2D eigenvalue weighted by molar-refractivity contribution is 5.92. The highest BCUT2D eigenvalue weighted by Gasteiger charge is 2.41. The van der Waals surface area contributed by atoms with E-state index in [1.165, 1.54) is 0 Å². The number of aryl methyl sites for hydroxylation is 1. The third kappa shape index (κ3) is 4.20. The predicted octanol–water partition coefficient (Wildman–Crippen LogP) is 4.96. The van der Waals surface area contributed by atoms with Crippen molar-refractivity contribution in [3.05, 3.63) is 48.0 Å². The summed E-state index contributed by atoms with van der Waals surface area (Å²) in [5.74, 6) is 1.35. The number of phenolic OH excluding ortho intramolecular Hbond substituents is 1. The molecule has 4 rings (SSSR count). The first-order valence-corrected chi connectivity index (χ1v) is 11.0. The molecular formula is C25H30N4O3. The van der Waals surface area contributed by atoms with Crippen molar-refractivity contribution in [1.29, 1.82) is 0 Å². The molecule has 0 saturated carbocycles. The molecule has 1 amide bonds. The molecule has 1 saturated heterocycles. The largest absolute Gasteiger partial charge is 0.507 e. The lowest BCUT2D eigenvalue weighted by Gasteiger charge is -2.48. The number of fused-ring (bicyclic) bond motifs is 1. The molecule has 1 aliphatic heterocycles. The van der Waals surface area contributed by atoms with Crippen molar-refractivity contribution < 1.29 is 15.0 Å². The van der Waals surface area contributed by atoms with Crippen LogP contribution in [-0.2, 0) is 0 Å². The summed E-state index contributed by atoms with van der Waals surface area (Å²) in [4.78, 5) is 23.5. The topological polar surface area (TPSA) is 98.6 Å². The summed E-state index contributed by atoms with van der Waals surface area (Å²) < 4.78 is 0. The van der Waals surface area contributed by atoms with Gasteiger partial charge in [0, 0.05) is 11.9 Å². The monoisotopic (exact) mass is 434 g/mol. The van der Waals surface area contributed by atoms with Crippen molar-refractivity contribution in [1.82, 2.24) is 15.3 Å². The summed E-state index contributed by atoms with van der Waals surface area (Å²) in [5, 5.41) is 23.6. The van der Waals surface area contributed by atoms with Gasteiger partial charge in [-0.05, 0) is 55.0 Å². The zero-order valence-electron chi connectivity index (χ0n) is 19.0. The number of para-hydroxylation sites is 1. The fourth-order valence-electron chi connectivity index (χ4n) is 4.84. The first-order chi connectivity index (χ1) is 15.1. The van der Waals surface area contributed by atoms with Gasteiger partial charge in [0.05, 0.1) is 23.2 Å². The maximum absolute atomic E-state index is 11.5. The quantitative estimate of drug-likeness (QED) is 0.539. The molecule has 0 radical (unpaired) electrons. The number of phenols is 1. The molecule has 0 bridgehead atoms. The van der Waals surface area contributed by atoms with E-state index in [1.54, 1.807) is 12.1 Å². The highest BCUT2D eigenvalue weighted by atomic mass is 16.4. The van der Waals surface area contributed by atoms with Gasteiger partial charge in [0.25, 0.3) is 0 Å². The molecule has 2 unspecified atom stereocenters. The number of aromatic nitrogens is 2. The van der Waals surface area contributed by atoms with Crippen LogP contribution in [0.1, 0.15) is 39.2 Å². The van der Waals surface area contributed by atoms with Crippen molar-refractivity contribution in [2.75, 3.05) is 11.4 Å². The van der Waals surface area contributed by atoms with Crippen LogP contribution in [0.15, 0.2) is 42.5 Å². The van der Waals surface area contributed by atoms with E-state index in [-0.39, 0.29) is 23.2 Å². The molecule has 1 aliphatic rings. The molecule has 0 aliphatic carbocycles. The Morgan fingerprint density at radius 3 is 2.59 bits per heavy atom. The second kappa shape index (κ2) is 8.30. The minimum absolute atomic E-state index is 0.0935. The van der Waals surface area contributed by atoms with Gasteiger partial charge in [0.1, 0.15) is 11.6 Å². The van der Waals surface area contributed by atoms with E-state index in [2.05, 4.69) is 31.0 Å². The van der Waals surface area contributed by atoms with E-state index >= 15 is 0 Å². The molecule has 1 aromatic heterocycles. The number of aromatic hydroxyl groups is 1. The van der Waals surface area contributed by atoms with Gasteiger partial charge >= 0.3 is 6.09 Å². The summed E-state index contributed by atoms with van der Waals surface area (Å²) in [6, 6.07) is 12.8. The molecule has 2 aromatic carbocycles. The van der Waals surface area contributed by atoms with Crippen LogP contribution in [0.3, 0.4) is 0 Å². The molecule has 1 fully saturated rings. The fourth-order valence-corrected chi connectivity index (χ4v) is 4.84. The average Bonchev–Trinajstić information content (AvgIpc) is 2.71. The summed E-state index contributed by atoms with van der Waals surface area (Å²) in [6.07, 6.45) is 0.615. The summed E-state index contributed by atoms with van der Waals surface area (Å²) in [5.41, 5.74) is 2.25. The summed E-state index contributed by atoms with van der Waals surface area (Å²) in [6.45, 7) is 9.17. The lowest BCUT2D eigenvalue weighted by Crippen LogP contribution is -2.60. The van der Waals surface area contributed by atoms with Gasteiger partial charge in [-0.3, -0.25) is 0 Å². The molecule has 7 heteroatoms. The van der Waals surface area contributed by atoms with Gasteiger partial charge in [-0.1, -0.05) is 39.0 Å². The number of benzene rings is 2. The smallest absolute Gasteiger partial charge is 0.404 e. The third-order valence-electron chi connectivity index (χ3n) is 6.08. The number of amides is 1. The van der Waals surface area contributed by atoms with Crippen LogP contribution in [0.4, 0.5) is 10.6 Å². The molecule has 7 nitrogen and oxygen atoms in total. The molecule has 2 heterocycles. The van der Waals surface area contributed by atoms with Crippen LogP contribution in [0.5, 0.6) is 5.75 Å². The van der Waals surface area contributed by atoms with Gasteiger partial charge in [-0.2, -0.15) is 0 Å². The molecule has 168 valence electrons. The first-order valence-electron chi connectivity index (χ1n) is 11.0. The molecule has 3 N–H and O–H groups in total. The second-order valence-corrected chi connectivity index (χ2v) is 9.61. The lowest BCUT2D eigenvalue weighted by molar-refractivity contribution is 0.166. The minimum atomic E-state index is -1.01. The Kier molecular flexibility index (Phi) is 5.67. The van der Waals surface area contributed by atoms with E-state index in [0.29, 0.717) is 11.4 Å². The van der Waals surface area contributed by atoms with Gasteiger partial charge in [-0.15, -0.1) is 0 Å². The number of hydrogen-bond donors (Lipinski definition) is 3. The Bertz CT molecular complexity index is 1160. The number of hydrogen-bond acceptors (Lipinski definition) is 5. The van der Waals surface area contributed by atoms with Gasteiger partial charge < -0.3 is 20.4 Å². The first kappa shape index (κ1) is 21.9. The molecule has 0 spiro atoms.